The van der Waals surface area contributed by atoms with Crippen molar-refractivity contribution in [1.29, 1.82) is 0 Å². The van der Waals surface area contributed by atoms with Crippen molar-refractivity contribution >= 4 is 11.7 Å². The van der Waals surface area contributed by atoms with Crippen molar-refractivity contribution in [2.24, 2.45) is 0 Å². The van der Waals surface area contributed by atoms with E-state index >= 15 is 0 Å². The standard InChI is InChI=1S/C10H10F3NO3/c1-2-16-9(15)7-6(17-10(12)13)4-3-5(14)8(7)11/h3-4,10H,2,14H2,1H3. The van der Waals surface area contributed by atoms with E-state index in [0.29, 0.717) is 0 Å². The van der Waals surface area contributed by atoms with Crippen LogP contribution in [0, 0.1) is 5.82 Å². The van der Waals surface area contributed by atoms with Crippen LogP contribution < -0.4 is 10.5 Å². The number of ether oxygens (including phenoxy) is 2. The maximum absolute atomic E-state index is 13.5. The average molecular weight is 249 g/mol. The number of nitrogens with two attached hydrogens (primary N) is 1. The molecule has 1 aromatic carbocycles. The number of carbonyl (C=O) groups excluding carboxylic acids is 1. The number of halogens is 3. The van der Waals surface area contributed by atoms with Crippen LogP contribution in [0.25, 0.3) is 0 Å². The fourth-order valence-electron chi connectivity index (χ4n) is 1.16. The molecule has 0 bridgehead atoms. The molecule has 0 unspecified atom stereocenters. The summed E-state index contributed by atoms with van der Waals surface area (Å²) >= 11 is 0. The summed E-state index contributed by atoms with van der Waals surface area (Å²) < 4.78 is 46.2. The number of nitrogen functional groups attached to an aromatic ring is 1. The Morgan fingerprint density at radius 3 is 2.65 bits per heavy atom. The molecular weight excluding hydrogens is 239 g/mol. The fourth-order valence-corrected chi connectivity index (χ4v) is 1.16. The molecule has 2 N–H and O–H groups in total. The van der Waals surface area contributed by atoms with E-state index in [9.17, 15) is 18.0 Å². The van der Waals surface area contributed by atoms with Crippen LogP contribution in [-0.2, 0) is 4.74 Å². The van der Waals surface area contributed by atoms with Gasteiger partial charge in [-0.3, -0.25) is 0 Å². The lowest BCUT2D eigenvalue weighted by molar-refractivity contribution is -0.0506. The molecule has 4 nitrogen and oxygen atoms in total. The van der Waals surface area contributed by atoms with Gasteiger partial charge in [-0.05, 0) is 19.1 Å². The lowest BCUT2D eigenvalue weighted by Gasteiger charge is -2.11. The molecule has 0 atom stereocenters. The third-order valence-corrected chi connectivity index (χ3v) is 1.83. The van der Waals surface area contributed by atoms with Crippen molar-refractivity contribution in [2.75, 3.05) is 12.3 Å². The Kier molecular flexibility index (Phi) is 4.19. The van der Waals surface area contributed by atoms with Crippen molar-refractivity contribution in [3.05, 3.63) is 23.5 Å². The van der Waals surface area contributed by atoms with Crippen molar-refractivity contribution in [3.63, 3.8) is 0 Å². The molecule has 0 aliphatic rings. The molecule has 0 spiro atoms. The molecule has 17 heavy (non-hydrogen) atoms. The second-order valence-electron chi connectivity index (χ2n) is 2.94. The molecule has 0 aliphatic carbocycles. The summed E-state index contributed by atoms with van der Waals surface area (Å²) in [5.41, 5.74) is 4.15. The number of hydrogen-bond donors (Lipinski definition) is 1. The minimum atomic E-state index is -3.17. The smallest absolute Gasteiger partial charge is 0.387 e. The highest BCUT2D eigenvalue weighted by Gasteiger charge is 2.23. The third-order valence-electron chi connectivity index (χ3n) is 1.83. The Morgan fingerprint density at radius 1 is 1.47 bits per heavy atom. The molecule has 94 valence electrons. The topological polar surface area (TPSA) is 61.5 Å². The highest BCUT2D eigenvalue weighted by atomic mass is 19.3. The van der Waals surface area contributed by atoms with Crippen molar-refractivity contribution in [3.8, 4) is 5.75 Å². The molecule has 0 aromatic heterocycles. The molecule has 0 fully saturated rings. The monoisotopic (exact) mass is 249 g/mol. The number of anilines is 1. The summed E-state index contributed by atoms with van der Waals surface area (Å²) in [7, 11) is 0. The maximum Gasteiger partial charge on any atom is 0.387 e. The van der Waals surface area contributed by atoms with Gasteiger partial charge >= 0.3 is 12.6 Å². The number of rotatable bonds is 4. The van der Waals surface area contributed by atoms with Crippen LogP contribution in [0.5, 0.6) is 5.75 Å². The van der Waals surface area contributed by atoms with Gasteiger partial charge in [0.15, 0.2) is 5.82 Å². The summed E-state index contributed by atoms with van der Waals surface area (Å²) in [6.45, 7) is -1.71. The van der Waals surface area contributed by atoms with E-state index in [2.05, 4.69) is 9.47 Å². The Bertz CT molecular complexity index is 424. The van der Waals surface area contributed by atoms with Crippen molar-refractivity contribution < 1.29 is 27.4 Å². The lowest BCUT2D eigenvalue weighted by Crippen LogP contribution is -2.13. The fraction of sp³-hybridized carbons (Fsp3) is 0.300. The van der Waals surface area contributed by atoms with Crippen molar-refractivity contribution in [2.45, 2.75) is 13.5 Å². The lowest BCUT2D eigenvalue weighted by atomic mass is 10.1. The number of hydrogen-bond acceptors (Lipinski definition) is 4. The summed E-state index contributed by atoms with van der Waals surface area (Å²) in [6.07, 6.45) is 0. The molecule has 0 saturated heterocycles. The first kappa shape index (κ1) is 13.1. The molecule has 1 aromatic rings. The van der Waals surface area contributed by atoms with Crippen LogP contribution >= 0.6 is 0 Å². The van der Waals surface area contributed by atoms with Crippen LogP contribution in [0.3, 0.4) is 0 Å². The van der Waals surface area contributed by atoms with Gasteiger partial charge in [-0.2, -0.15) is 8.78 Å². The zero-order valence-corrected chi connectivity index (χ0v) is 8.88. The molecule has 7 heteroatoms. The van der Waals surface area contributed by atoms with Gasteiger partial charge in [-0.1, -0.05) is 0 Å². The number of carbonyl (C=O) groups is 1. The van der Waals surface area contributed by atoms with Gasteiger partial charge in [0.25, 0.3) is 0 Å². The quantitative estimate of drug-likeness (QED) is 0.656. The van der Waals surface area contributed by atoms with Gasteiger partial charge in [0.05, 0.1) is 12.3 Å². The third kappa shape index (κ3) is 3.02. The Balaban J connectivity index is 3.21. The minimum absolute atomic E-state index is 0.0266. The van der Waals surface area contributed by atoms with E-state index in [4.69, 9.17) is 5.73 Å². The molecular formula is C10H10F3NO3. The zero-order valence-electron chi connectivity index (χ0n) is 8.88. The van der Waals surface area contributed by atoms with E-state index in [0.717, 1.165) is 12.1 Å². The normalized spacial score (nSPS) is 10.4. The Morgan fingerprint density at radius 2 is 2.12 bits per heavy atom. The summed E-state index contributed by atoms with van der Waals surface area (Å²) in [5.74, 6) is -2.85. The van der Waals surface area contributed by atoms with E-state index in [-0.39, 0.29) is 12.3 Å². The van der Waals surface area contributed by atoms with Crippen LogP contribution in [0.2, 0.25) is 0 Å². The van der Waals surface area contributed by atoms with Gasteiger partial charge in [0.1, 0.15) is 11.3 Å². The van der Waals surface area contributed by atoms with Crippen molar-refractivity contribution in [1.82, 2.24) is 0 Å². The zero-order chi connectivity index (χ0) is 13.0. The summed E-state index contributed by atoms with van der Waals surface area (Å²) in [4.78, 5) is 11.4. The molecule has 1 rings (SSSR count). The van der Waals surface area contributed by atoms with Gasteiger partial charge in [0.2, 0.25) is 0 Å². The van der Waals surface area contributed by atoms with Gasteiger partial charge in [0, 0.05) is 0 Å². The van der Waals surface area contributed by atoms with Crippen LogP contribution in [0.4, 0.5) is 18.9 Å². The Hall–Kier alpha value is -1.92. The molecule has 0 amide bonds. The van der Waals surface area contributed by atoms with E-state index < -0.39 is 29.7 Å². The Labute approximate surface area is 95.1 Å². The van der Waals surface area contributed by atoms with E-state index in [1.165, 1.54) is 6.92 Å². The van der Waals surface area contributed by atoms with Crippen LogP contribution in [0.1, 0.15) is 17.3 Å². The average Bonchev–Trinajstić information content (AvgIpc) is 2.23. The summed E-state index contributed by atoms with van der Waals surface area (Å²) in [6, 6.07) is 2.01. The van der Waals surface area contributed by atoms with Crippen LogP contribution in [0.15, 0.2) is 12.1 Å². The van der Waals surface area contributed by atoms with Gasteiger partial charge in [-0.25, -0.2) is 9.18 Å². The largest absolute Gasteiger partial charge is 0.462 e. The molecule has 0 aliphatic heterocycles. The van der Waals surface area contributed by atoms with Gasteiger partial charge in [-0.15, -0.1) is 0 Å². The van der Waals surface area contributed by atoms with Gasteiger partial charge < -0.3 is 15.2 Å². The maximum atomic E-state index is 13.5. The SMILES string of the molecule is CCOC(=O)c1c(OC(F)F)ccc(N)c1F. The first-order valence-electron chi connectivity index (χ1n) is 4.67. The first-order valence-corrected chi connectivity index (χ1v) is 4.67. The first-order chi connectivity index (χ1) is 7.97. The predicted molar refractivity (Wildman–Crippen MR) is 53.4 cm³/mol. The second-order valence-corrected chi connectivity index (χ2v) is 2.94. The van der Waals surface area contributed by atoms with E-state index in [1.54, 1.807) is 0 Å². The minimum Gasteiger partial charge on any atom is -0.462 e. The highest BCUT2D eigenvalue weighted by Crippen LogP contribution is 2.28. The number of alkyl halides is 2. The van der Waals surface area contributed by atoms with Crippen LogP contribution in [-0.4, -0.2) is 19.2 Å². The molecule has 0 heterocycles. The number of esters is 1. The second kappa shape index (κ2) is 5.42. The molecule has 0 saturated carbocycles. The number of benzene rings is 1. The highest BCUT2D eigenvalue weighted by molar-refractivity contribution is 5.94. The predicted octanol–water partition coefficient (Wildman–Crippen LogP) is 2.19. The van der Waals surface area contributed by atoms with E-state index in [1.807, 2.05) is 0 Å². The molecule has 0 radical (unpaired) electrons. The summed E-state index contributed by atoms with van der Waals surface area (Å²) in [5, 5.41) is 0.